The molecule has 6 aliphatic heterocycles. The number of aromatic nitrogens is 3. The molecule has 6 aliphatic rings. The van der Waals surface area contributed by atoms with E-state index in [0.717, 1.165) is 197 Å². The first-order chi connectivity index (χ1) is 62.9. The zero-order valence-corrected chi connectivity index (χ0v) is 80.5. The summed E-state index contributed by atoms with van der Waals surface area (Å²) in [6.07, 6.45) is 5.71. The molecule has 0 atom stereocenters. The van der Waals surface area contributed by atoms with Crippen molar-refractivity contribution in [2.24, 2.45) is 0 Å². The number of benzene rings is 15. The summed E-state index contributed by atoms with van der Waals surface area (Å²) in [6, 6.07) is 147. The van der Waals surface area contributed by atoms with Crippen LogP contribution in [0.2, 0.25) is 0 Å². The maximum absolute atomic E-state index is 6.61. The van der Waals surface area contributed by atoms with Crippen LogP contribution in [0.5, 0.6) is 34.5 Å². The molecule has 0 radical (unpaired) electrons. The topological polar surface area (TPSA) is 76.1 Å². The van der Waals surface area contributed by atoms with E-state index in [4.69, 9.17) is 24.2 Å². The summed E-state index contributed by atoms with van der Waals surface area (Å²) in [6.45, 7) is 19.7. The van der Waals surface area contributed by atoms with Crippen molar-refractivity contribution in [3.63, 3.8) is 0 Å². The first-order valence-electron chi connectivity index (χ1n) is 44.0. The number of pyridine rings is 3. The molecule has 0 saturated heterocycles. The van der Waals surface area contributed by atoms with Gasteiger partial charge in [0.25, 0.3) is 0 Å². The molecule has 0 aliphatic carbocycles. The Bertz CT molecular complexity index is 7380. The quantitative estimate of drug-likeness (QED) is 0.104. The number of anilines is 9. The van der Waals surface area contributed by atoms with Gasteiger partial charge in [0.2, 0.25) is 20.1 Å². The number of ether oxygens (including phenoxy) is 3. The van der Waals surface area contributed by atoms with Gasteiger partial charge in [0.05, 0.1) is 0 Å². The number of para-hydroxylation sites is 3. The van der Waals surface area contributed by atoms with Gasteiger partial charge in [-0.25, -0.2) is 33.4 Å². The van der Waals surface area contributed by atoms with E-state index in [2.05, 4.69) is 373 Å². The van der Waals surface area contributed by atoms with Gasteiger partial charge in [0, 0.05) is 75.4 Å². The first-order valence-corrected chi connectivity index (χ1v) is 44.0. The minimum absolute atomic E-state index is 0. The molecule has 18 aromatic rings. The Hall–Kier alpha value is -13.0. The standard InChI is InChI=1S/C45H33BN3.C39H28BN2O.C33H23BNO2.3Au/c1-45(2,3)34-26-27-47-39(30-34)33-23-25-41-38(29-33)46-37-28-32(31-14-7-4-8-15-31)22-24-40(37)48(35-16-9-5-10-17-35)42-20-13-21-43(44(42)46)49(41)36-18-11-6-12-19-36;1-39(2,3)29-21-22-41-33(25-29)28-18-20-36-32(24-28)40-31-23-27(26-11-6-4-7-12-26)17-19-34(31)42(30-13-8-5-9-14-30)35-15-10-16-37(43-36)38(35)40;1-33(2,3)24-16-17-35-27(20-24)23-13-15-29-26(19-23)34-25-18-22(21-8-5-4-6-9-21)12-14-28(25)36-30-10-7-11-31(37-29)32(30)34;;;/h4-14,16-27,30H,1-3H3;4-11,13-22,25H,1-3H3;4-8,10-17,20H,1-3H3;;;/q3*-3;3*+3. The van der Waals surface area contributed by atoms with Crippen molar-refractivity contribution in [2.75, 3.05) is 14.7 Å². The Morgan fingerprint density at radius 3 is 0.871 bits per heavy atom. The second kappa shape index (κ2) is 35.9. The number of nitrogens with zero attached hydrogens (tertiary/aromatic N) is 6. The summed E-state index contributed by atoms with van der Waals surface area (Å²) in [5.74, 6) is 4.88. The molecule has 24 rings (SSSR count). The predicted molar refractivity (Wildman–Crippen MR) is 529 cm³/mol. The molecule has 15 aromatic carbocycles. The van der Waals surface area contributed by atoms with E-state index in [1.54, 1.807) is 0 Å². The summed E-state index contributed by atoms with van der Waals surface area (Å²) < 4.78 is 19.3. The second-order valence-corrected chi connectivity index (χ2v) is 36.5. The van der Waals surface area contributed by atoms with Gasteiger partial charge < -0.3 is 43.9 Å². The van der Waals surface area contributed by atoms with Crippen LogP contribution < -0.4 is 78.1 Å². The molecule has 0 spiro atoms. The van der Waals surface area contributed by atoms with Crippen molar-refractivity contribution < 1.29 is 81.4 Å². The normalized spacial score (nSPS) is 12.8. The monoisotopic (exact) mass is 2240 g/mol. The van der Waals surface area contributed by atoms with Crippen LogP contribution >= 0.6 is 0 Å². The van der Waals surface area contributed by atoms with E-state index < -0.39 is 0 Å². The largest absolute Gasteiger partial charge is 3.00 e. The van der Waals surface area contributed by atoms with Crippen molar-refractivity contribution in [3.8, 4) is 102 Å². The van der Waals surface area contributed by atoms with Gasteiger partial charge in [-0.2, -0.15) is 109 Å². The van der Waals surface area contributed by atoms with E-state index in [9.17, 15) is 0 Å². The van der Waals surface area contributed by atoms with Crippen molar-refractivity contribution in [1.82, 2.24) is 15.0 Å². The average molecular weight is 2250 g/mol. The summed E-state index contributed by atoms with van der Waals surface area (Å²) in [4.78, 5) is 21.4. The molecule has 3 aromatic heterocycles. The van der Waals surface area contributed by atoms with E-state index in [-0.39, 0.29) is 104 Å². The van der Waals surface area contributed by atoms with Crippen molar-refractivity contribution in [3.05, 3.63) is 417 Å². The molecule has 132 heavy (non-hydrogen) atoms. The van der Waals surface area contributed by atoms with Gasteiger partial charge in [0.1, 0.15) is 17.2 Å². The van der Waals surface area contributed by atoms with Crippen LogP contribution in [0, 0.1) is 54.6 Å². The van der Waals surface area contributed by atoms with Crippen molar-refractivity contribution in [2.45, 2.75) is 78.6 Å². The Labute approximate surface area is 821 Å². The fourth-order valence-electron chi connectivity index (χ4n) is 18.8. The molecule has 0 unspecified atom stereocenters. The zero-order chi connectivity index (χ0) is 87.4. The van der Waals surface area contributed by atoms with E-state index in [1.165, 1.54) is 22.2 Å². The molecule has 9 nitrogen and oxygen atoms in total. The van der Waals surface area contributed by atoms with Gasteiger partial charge in [0.15, 0.2) is 0 Å². The molecular weight excluding hydrogens is 2160 g/mol. The zero-order valence-electron chi connectivity index (χ0n) is 74.0. The second-order valence-electron chi connectivity index (χ2n) is 36.5. The van der Waals surface area contributed by atoms with Gasteiger partial charge in [-0.05, 0) is 169 Å². The summed E-state index contributed by atoms with van der Waals surface area (Å²) >= 11 is 0. The number of hydrogen-bond acceptors (Lipinski definition) is 9. The molecule has 0 N–H and O–H groups in total. The average Bonchev–Trinajstić information content (AvgIpc) is 0.695. The SMILES string of the molecule is CC(C)(C)c1ccnc(-c2[c-]c3c(cc2)N(c2ccccc2)c2cccc4c2B3c2[c-]c(-c3[c-]cccc3)ccc2N4c2ccccc2)c1.CC(C)(C)c1ccnc(-c2[c-]c3c(cc2)Oc2cccc4c2B3c2[c-]c(-c3[c-]cccc3)ccc2N4c2ccccc2)c1.CC(C)(C)c1ccnc(-c2[c-]c3c(cc2)Oc2cccc4c2B3c2[c-]c(-c3[c-]cccc3)ccc2O4)c1.[Au+3].[Au+3].[Au+3]. The minimum Gasteiger partial charge on any atom is -0.503 e. The molecule has 0 amide bonds. The Morgan fingerprint density at radius 1 is 0.235 bits per heavy atom. The fraction of sp³-hybridized carbons (Fsp3) is 0.103. The van der Waals surface area contributed by atoms with E-state index in [1.807, 2.05) is 110 Å². The van der Waals surface area contributed by atoms with Crippen LogP contribution in [0.1, 0.15) is 79.0 Å². The third-order valence-corrected chi connectivity index (χ3v) is 25.2. The van der Waals surface area contributed by atoms with Crippen LogP contribution in [-0.4, -0.2) is 35.1 Å². The smallest absolute Gasteiger partial charge is 0.503 e. The Morgan fingerprint density at radius 2 is 0.515 bits per heavy atom. The fourth-order valence-corrected chi connectivity index (χ4v) is 18.8. The molecule has 0 bridgehead atoms. The van der Waals surface area contributed by atoms with Gasteiger partial charge in [-0.15, -0.1) is 140 Å². The van der Waals surface area contributed by atoms with Crippen LogP contribution in [0.15, 0.2) is 346 Å². The molecule has 15 heteroatoms. The third kappa shape index (κ3) is 16.3. The third-order valence-electron chi connectivity index (χ3n) is 25.2. The van der Waals surface area contributed by atoms with E-state index >= 15 is 0 Å². The molecule has 0 fully saturated rings. The van der Waals surface area contributed by atoms with Gasteiger partial charge >= 0.3 is 67.1 Å². The molecule has 0 saturated carbocycles. The summed E-state index contributed by atoms with van der Waals surface area (Å²) in [5, 5.41) is 0. The number of rotatable bonds is 9. The van der Waals surface area contributed by atoms with Crippen LogP contribution in [0.4, 0.5) is 51.2 Å². The van der Waals surface area contributed by atoms with Gasteiger partial charge in [-0.1, -0.05) is 153 Å². The van der Waals surface area contributed by atoms with Crippen molar-refractivity contribution in [1.29, 1.82) is 0 Å². The van der Waals surface area contributed by atoms with Crippen LogP contribution in [0.3, 0.4) is 0 Å². The minimum atomic E-state index is -0.117. The van der Waals surface area contributed by atoms with Crippen LogP contribution in [-0.2, 0) is 83.4 Å². The number of hydrogen-bond donors (Lipinski definition) is 0. The van der Waals surface area contributed by atoms with Crippen LogP contribution in [0.25, 0.3) is 67.2 Å². The predicted octanol–water partition coefficient (Wildman–Crippen LogP) is 22.5. The Kier molecular flexibility index (Phi) is 24.0. The maximum atomic E-state index is 6.61. The summed E-state index contributed by atoms with van der Waals surface area (Å²) in [7, 11) is 0. The Balaban J connectivity index is 0.000000128. The molecule has 642 valence electrons. The van der Waals surface area contributed by atoms with E-state index in [0.29, 0.717) is 0 Å². The maximum Gasteiger partial charge on any atom is 3.00 e. The van der Waals surface area contributed by atoms with Gasteiger partial charge in [-0.3, -0.25) is 0 Å². The number of fused-ring (bicyclic) bond motifs is 12. The summed E-state index contributed by atoms with van der Waals surface area (Å²) in [5.41, 5.74) is 35.2. The molecular formula is C117H84Au3B3N6O3. The molecule has 9 heterocycles. The first kappa shape index (κ1) is 88.2. The van der Waals surface area contributed by atoms with Crippen molar-refractivity contribution >= 4 is 120 Å².